The zero-order valence-electron chi connectivity index (χ0n) is 14.7. The minimum atomic E-state index is -0.694. The molecule has 2 amide bonds. The summed E-state index contributed by atoms with van der Waals surface area (Å²) in [4.78, 5) is 24.1. The molecule has 0 aliphatic heterocycles. The van der Waals surface area contributed by atoms with Crippen molar-refractivity contribution in [1.29, 1.82) is 0 Å². The Morgan fingerprint density at radius 1 is 1.08 bits per heavy atom. The van der Waals surface area contributed by atoms with Crippen molar-refractivity contribution in [2.24, 2.45) is 0 Å². The Hall–Kier alpha value is -2.44. The fourth-order valence-corrected chi connectivity index (χ4v) is 2.25. The maximum absolute atomic E-state index is 12.3. The molecular weight excluding hydrogens is 312 g/mol. The monoisotopic (exact) mass is 338 g/mol. The SMILES string of the molecule is CCCC(c1ccc(OC)cc1)N(NC(=O)OCC)C(=O)OCC. The molecule has 0 aromatic heterocycles. The summed E-state index contributed by atoms with van der Waals surface area (Å²) in [7, 11) is 1.59. The lowest BCUT2D eigenvalue weighted by Crippen LogP contribution is -2.48. The summed E-state index contributed by atoms with van der Waals surface area (Å²) in [5, 5.41) is 1.19. The van der Waals surface area contributed by atoms with Crippen molar-refractivity contribution in [3.63, 3.8) is 0 Å². The second kappa shape index (κ2) is 10.4. The fourth-order valence-electron chi connectivity index (χ4n) is 2.25. The molecule has 1 aromatic rings. The van der Waals surface area contributed by atoms with Gasteiger partial charge in [-0.2, -0.15) is 0 Å². The third-order valence-electron chi connectivity index (χ3n) is 3.33. The predicted octanol–water partition coefficient (Wildman–Crippen LogP) is 3.66. The second-order valence-electron chi connectivity index (χ2n) is 4.98. The number of hydrazine groups is 1. The molecule has 1 unspecified atom stereocenters. The zero-order valence-corrected chi connectivity index (χ0v) is 14.7. The van der Waals surface area contributed by atoms with Crippen LogP contribution in [0.3, 0.4) is 0 Å². The van der Waals surface area contributed by atoms with Crippen LogP contribution in [0.2, 0.25) is 0 Å². The Bertz CT molecular complexity index is 518. The van der Waals surface area contributed by atoms with Crippen molar-refractivity contribution in [2.45, 2.75) is 39.7 Å². The Balaban J connectivity index is 3.08. The van der Waals surface area contributed by atoms with Crippen LogP contribution < -0.4 is 10.2 Å². The fraction of sp³-hybridized carbons (Fsp3) is 0.529. The molecular formula is C17H26N2O5. The molecule has 0 fully saturated rings. The standard InChI is InChI=1S/C17H26N2O5/c1-5-8-15(13-9-11-14(22-4)12-10-13)19(17(21)24-7-3)18-16(20)23-6-2/h9-12,15H,5-8H2,1-4H3,(H,18,20). The lowest BCUT2D eigenvalue weighted by Gasteiger charge is -2.30. The lowest BCUT2D eigenvalue weighted by atomic mass is 10.0. The van der Waals surface area contributed by atoms with E-state index in [1.165, 1.54) is 5.01 Å². The molecule has 134 valence electrons. The number of methoxy groups -OCH3 is 1. The summed E-state index contributed by atoms with van der Waals surface area (Å²) in [6, 6.07) is 6.97. The third-order valence-corrected chi connectivity index (χ3v) is 3.33. The highest BCUT2D eigenvalue weighted by Gasteiger charge is 2.28. The van der Waals surface area contributed by atoms with E-state index in [9.17, 15) is 9.59 Å². The van der Waals surface area contributed by atoms with Crippen LogP contribution >= 0.6 is 0 Å². The number of benzene rings is 1. The van der Waals surface area contributed by atoms with E-state index in [0.717, 1.165) is 17.7 Å². The van der Waals surface area contributed by atoms with Gasteiger partial charge >= 0.3 is 12.2 Å². The van der Waals surface area contributed by atoms with Gasteiger partial charge in [0.2, 0.25) is 0 Å². The van der Waals surface area contributed by atoms with Crippen molar-refractivity contribution in [2.75, 3.05) is 20.3 Å². The van der Waals surface area contributed by atoms with E-state index in [1.807, 2.05) is 31.2 Å². The Kier molecular flexibility index (Phi) is 8.46. The van der Waals surface area contributed by atoms with Gasteiger partial charge < -0.3 is 14.2 Å². The number of amides is 2. The summed E-state index contributed by atoms with van der Waals surface area (Å²) in [6.45, 7) is 5.83. The first-order chi connectivity index (χ1) is 11.6. The molecule has 0 aliphatic carbocycles. The molecule has 1 aromatic carbocycles. The highest BCUT2D eigenvalue weighted by molar-refractivity contribution is 5.74. The van der Waals surface area contributed by atoms with Gasteiger partial charge in [-0.05, 0) is 38.0 Å². The highest BCUT2D eigenvalue weighted by Crippen LogP contribution is 2.27. The number of carbonyl (C=O) groups is 2. The molecule has 0 radical (unpaired) electrons. The van der Waals surface area contributed by atoms with E-state index < -0.39 is 12.2 Å². The first-order valence-electron chi connectivity index (χ1n) is 8.10. The normalized spacial score (nSPS) is 11.3. The Morgan fingerprint density at radius 3 is 2.21 bits per heavy atom. The number of carbonyl (C=O) groups excluding carboxylic acids is 2. The van der Waals surface area contributed by atoms with Crippen molar-refractivity contribution < 1.29 is 23.8 Å². The first-order valence-corrected chi connectivity index (χ1v) is 8.10. The van der Waals surface area contributed by atoms with Gasteiger partial charge in [0.15, 0.2) is 0 Å². The minimum absolute atomic E-state index is 0.210. The largest absolute Gasteiger partial charge is 0.497 e. The van der Waals surface area contributed by atoms with Gasteiger partial charge in [0.25, 0.3) is 0 Å². The van der Waals surface area contributed by atoms with Gasteiger partial charge in [-0.15, -0.1) is 0 Å². The molecule has 7 nitrogen and oxygen atoms in total. The predicted molar refractivity (Wildman–Crippen MR) is 89.7 cm³/mol. The van der Waals surface area contributed by atoms with Crippen LogP contribution in [0.25, 0.3) is 0 Å². The highest BCUT2D eigenvalue weighted by atomic mass is 16.6. The molecule has 0 saturated heterocycles. The van der Waals surface area contributed by atoms with Crippen LogP contribution in [-0.4, -0.2) is 37.5 Å². The van der Waals surface area contributed by atoms with E-state index in [-0.39, 0.29) is 19.3 Å². The summed E-state index contributed by atoms with van der Waals surface area (Å²) < 4.78 is 15.1. The Labute approximate surface area is 142 Å². The maximum Gasteiger partial charge on any atom is 0.429 e. The van der Waals surface area contributed by atoms with E-state index in [1.54, 1.807) is 21.0 Å². The van der Waals surface area contributed by atoms with E-state index in [2.05, 4.69) is 5.43 Å². The van der Waals surface area contributed by atoms with Gasteiger partial charge in [-0.1, -0.05) is 25.5 Å². The van der Waals surface area contributed by atoms with Crippen molar-refractivity contribution >= 4 is 12.2 Å². The van der Waals surface area contributed by atoms with Crippen molar-refractivity contribution in [1.82, 2.24) is 10.4 Å². The number of rotatable bonds is 7. The number of ether oxygens (including phenoxy) is 3. The summed E-state index contributed by atoms with van der Waals surface area (Å²) >= 11 is 0. The average molecular weight is 338 g/mol. The van der Waals surface area contributed by atoms with Gasteiger partial charge in [-0.3, -0.25) is 0 Å². The van der Waals surface area contributed by atoms with Gasteiger partial charge in [-0.25, -0.2) is 20.0 Å². The minimum Gasteiger partial charge on any atom is -0.497 e. The van der Waals surface area contributed by atoms with Crippen LogP contribution in [-0.2, 0) is 9.47 Å². The van der Waals surface area contributed by atoms with Crippen LogP contribution in [0.1, 0.15) is 45.2 Å². The molecule has 1 rings (SSSR count). The smallest absolute Gasteiger partial charge is 0.429 e. The van der Waals surface area contributed by atoms with Gasteiger partial charge in [0.05, 0.1) is 26.4 Å². The molecule has 1 atom stereocenters. The summed E-state index contributed by atoms with van der Waals surface area (Å²) in [5.41, 5.74) is 3.34. The van der Waals surface area contributed by atoms with E-state index in [4.69, 9.17) is 14.2 Å². The lowest BCUT2D eigenvalue weighted by molar-refractivity contribution is 0.0525. The van der Waals surface area contributed by atoms with E-state index in [0.29, 0.717) is 6.42 Å². The number of hydrogen-bond donors (Lipinski definition) is 1. The molecule has 1 N–H and O–H groups in total. The Morgan fingerprint density at radius 2 is 1.71 bits per heavy atom. The first kappa shape index (κ1) is 19.6. The van der Waals surface area contributed by atoms with E-state index >= 15 is 0 Å². The summed E-state index contributed by atoms with van der Waals surface area (Å²) in [5.74, 6) is 0.718. The van der Waals surface area contributed by atoms with Gasteiger partial charge in [0.1, 0.15) is 5.75 Å². The summed E-state index contributed by atoms with van der Waals surface area (Å²) in [6.07, 6.45) is 0.147. The quantitative estimate of drug-likeness (QED) is 0.768. The van der Waals surface area contributed by atoms with Crippen LogP contribution in [0.15, 0.2) is 24.3 Å². The zero-order chi connectivity index (χ0) is 17.9. The molecule has 0 spiro atoms. The van der Waals surface area contributed by atoms with Crippen molar-refractivity contribution in [3.05, 3.63) is 29.8 Å². The van der Waals surface area contributed by atoms with Crippen molar-refractivity contribution in [3.8, 4) is 5.75 Å². The van der Waals surface area contributed by atoms with Crippen LogP contribution in [0.5, 0.6) is 5.75 Å². The molecule has 0 bridgehead atoms. The second-order valence-corrected chi connectivity index (χ2v) is 4.98. The topological polar surface area (TPSA) is 77.1 Å². The number of hydrogen-bond acceptors (Lipinski definition) is 5. The average Bonchev–Trinajstić information content (AvgIpc) is 2.58. The number of nitrogens with one attached hydrogen (secondary N) is 1. The van der Waals surface area contributed by atoms with Gasteiger partial charge in [0, 0.05) is 0 Å². The molecule has 24 heavy (non-hydrogen) atoms. The maximum atomic E-state index is 12.3. The molecule has 0 saturated carbocycles. The molecule has 0 heterocycles. The molecule has 0 aliphatic rings. The third kappa shape index (κ3) is 5.64. The molecule has 7 heteroatoms. The van der Waals surface area contributed by atoms with Crippen LogP contribution in [0, 0.1) is 0 Å². The number of nitrogens with zero attached hydrogens (tertiary/aromatic N) is 1. The van der Waals surface area contributed by atoms with Crippen LogP contribution in [0.4, 0.5) is 9.59 Å².